The maximum absolute atomic E-state index is 11.7. The molecule has 1 aromatic rings. The van der Waals surface area contributed by atoms with E-state index in [1.54, 1.807) is 37.3 Å². The standard InChI is InChI=1S/C14H17N3O5/c1-2-15-14(21)17-11(18)9-22-12(19)8-16-13(20)10-6-4-3-5-7-10/h3-7H,2,8-9H2,1H3,(H,16,20)(H2,15,17,18,21). The van der Waals surface area contributed by atoms with E-state index in [9.17, 15) is 19.2 Å². The molecule has 0 saturated heterocycles. The number of nitrogens with one attached hydrogen (secondary N) is 3. The lowest BCUT2D eigenvalue weighted by Crippen LogP contribution is -2.41. The van der Waals surface area contributed by atoms with Crippen LogP contribution in [0.2, 0.25) is 0 Å². The Morgan fingerprint density at radius 2 is 1.73 bits per heavy atom. The molecule has 0 fully saturated rings. The van der Waals surface area contributed by atoms with E-state index in [0.717, 1.165) is 0 Å². The zero-order chi connectivity index (χ0) is 16.4. The summed E-state index contributed by atoms with van der Waals surface area (Å²) in [5.74, 6) is -1.96. The van der Waals surface area contributed by atoms with Crippen molar-refractivity contribution in [2.45, 2.75) is 6.92 Å². The van der Waals surface area contributed by atoms with Crippen molar-refractivity contribution in [3.63, 3.8) is 0 Å². The summed E-state index contributed by atoms with van der Waals surface area (Å²) in [6.07, 6.45) is 0. The third kappa shape index (κ3) is 6.51. The number of hydrogen-bond donors (Lipinski definition) is 3. The molecule has 0 bridgehead atoms. The van der Waals surface area contributed by atoms with Gasteiger partial charge in [0, 0.05) is 12.1 Å². The summed E-state index contributed by atoms with van der Waals surface area (Å²) in [5.41, 5.74) is 0.407. The van der Waals surface area contributed by atoms with Crippen LogP contribution in [0.3, 0.4) is 0 Å². The van der Waals surface area contributed by atoms with Gasteiger partial charge in [0.2, 0.25) is 0 Å². The molecule has 0 unspecified atom stereocenters. The van der Waals surface area contributed by atoms with E-state index in [1.165, 1.54) is 0 Å². The highest BCUT2D eigenvalue weighted by atomic mass is 16.5. The van der Waals surface area contributed by atoms with E-state index < -0.39 is 30.4 Å². The molecule has 0 aliphatic rings. The Morgan fingerprint density at radius 3 is 2.36 bits per heavy atom. The minimum Gasteiger partial charge on any atom is -0.454 e. The average Bonchev–Trinajstić information content (AvgIpc) is 2.51. The smallest absolute Gasteiger partial charge is 0.325 e. The highest BCUT2D eigenvalue weighted by molar-refractivity contribution is 5.97. The van der Waals surface area contributed by atoms with Crippen LogP contribution in [0.4, 0.5) is 4.79 Å². The summed E-state index contributed by atoms with van der Waals surface area (Å²) in [6, 6.07) is 7.68. The van der Waals surface area contributed by atoms with Gasteiger partial charge in [0.15, 0.2) is 6.61 Å². The van der Waals surface area contributed by atoms with Gasteiger partial charge >= 0.3 is 12.0 Å². The third-order valence-electron chi connectivity index (χ3n) is 2.38. The van der Waals surface area contributed by atoms with E-state index in [-0.39, 0.29) is 6.54 Å². The fourth-order valence-electron chi connectivity index (χ4n) is 1.41. The number of esters is 1. The molecule has 8 heteroatoms. The van der Waals surface area contributed by atoms with Crippen molar-refractivity contribution in [1.29, 1.82) is 0 Å². The van der Waals surface area contributed by atoms with E-state index >= 15 is 0 Å². The van der Waals surface area contributed by atoms with Crippen molar-refractivity contribution >= 4 is 23.8 Å². The average molecular weight is 307 g/mol. The lowest BCUT2D eigenvalue weighted by atomic mass is 10.2. The van der Waals surface area contributed by atoms with E-state index in [0.29, 0.717) is 12.1 Å². The highest BCUT2D eigenvalue weighted by Gasteiger charge is 2.12. The van der Waals surface area contributed by atoms with Crippen LogP contribution in [0.25, 0.3) is 0 Å². The van der Waals surface area contributed by atoms with E-state index in [2.05, 4.69) is 15.4 Å². The molecule has 0 radical (unpaired) electrons. The Kier molecular flexibility index (Phi) is 7.10. The molecule has 0 heterocycles. The zero-order valence-electron chi connectivity index (χ0n) is 12.0. The number of ether oxygens (including phenoxy) is 1. The van der Waals surface area contributed by atoms with Crippen LogP contribution in [0.5, 0.6) is 0 Å². The molecule has 0 spiro atoms. The van der Waals surface area contributed by atoms with Crippen molar-refractivity contribution in [3.05, 3.63) is 35.9 Å². The monoisotopic (exact) mass is 307 g/mol. The lowest BCUT2D eigenvalue weighted by Gasteiger charge is -2.07. The Balaban J connectivity index is 2.25. The molecule has 0 aliphatic carbocycles. The summed E-state index contributed by atoms with van der Waals surface area (Å²) in [7, 11) is 0. The number of carbonyl (C=O) groups is 4. The third-order valence-corrected chi connectivity index (χ3v) is 2.38. The molecule has 22 heavy (non-hydrogen) atoms. The van der Waals surface area contributed by atoms with Crippen LogP contribution in [0.15, 0.2) is 30.3 Å². The molecule has 3 N–H and O–H groups in total. The Hall–Kier alpha value is -2.90. The molecule has 0 aromatic heterocycles. The fraction of sp³-hybridized carbons (Fsp3) is 0.286. The number of rotatable bonds is 6. The van der Waals surface area contributed by atoms with Gasteiger partial charge in [-0.3, -0.25) is 19.7 Å². The van der Waals surface area contributed by atoms with Gasteiger partial charge in [-0.25, -0.2) is 4.79 Å². The Morgan fingerprint density at radius 1 is 1.05 bits per heavy atom. The van der Waals surface area contributed by atoms with Crippen LogP contribution >= 0.6 is 0 Å². The molecule has 118 valence electrons. The number of imide groups is 1. The fourth-order valence-corrected chi connectivity index (χ4v) is 1.41. The topological polar surface area (TPSA) is 114 Å². The molecule has 0 saturated carbocycles. The number of hydrogen-bond acceptors (Lipinski definition) is 5. The SMILES string of the molecule is CCNC(=O)NC(=O)COC(=O)CNC(=O)c1ccccc1. The van der Waals surface area contributed by atoms with Crippen LogP contribution in [0.1, 0.15) is 17.3 Å². The Labute approximate surface area is 127 Å². The van der Waals surface area contributed by atoms with Gasteiger partial charge in [0.05, 0.1) is 0 Å². The van der Waals surface area contributed by atoms with Gasteiger partial charge in [0.1, 0.15) is 6.54 Å². The summed E-state index contributed by atoms with van der Waals surface area (Å²) in [6.45, 7) is 1.09. The van der Waals surface area contributed by atoms with E-state index in [1.807, 2.05) is 5.32 Å². The molecule has 1 rings (SSSR count). The number of carbonyl (C=O) groups excluding carboxylic acids is 4. The normalized spacial score (nSPS) is 9.50. The Bertz CT molecular complexity index is 545. The van der Waals surface area contributed by atoms with Crippen LogP contribution in [-0.4, -0.2) is 43.5 Å². The van der Waals surface area contributed by atoms with Crippen molar-refractivity contribution in [3.8, 4) is 0 Å². The van der Waals surface area contributed by atoms with Crippen molar-refractivity contribution < 1.29 is 23.9 Å². The number of benzene rings is 1. The quantitative estimate of drug-likeness (QED) is 0.630. The first-order valence-electron chi connectivity index (χ1n) is 6.59. The molecular formula is C14H17N3O5. The summed E-state index contributed by atoms with van der Waals surface area (Å²) < 4.78 is 4.62. The van der Waals surface area contributed by atoms with Gasteiger partial charge in [-0.05, 0) is 19.1 Å². The minimum absolute atomic E-state index is 0.365. The number of amides is 4. The van der Waals surface area contributed by atoms with Gasteiger partial charge < -0.3 is 15.4 Å². The van der Waals surface area contributed by atoms with Crippen molar-refractivity contribution in [2.24, 2.45) is 0 Å². The first-order chi connectivity index (χ1) is 10.5. The predicted octanol–water partition coefficient (Wildman–Crippen LogP) is -0.195. The van der Waals surface area contributed by atoms with Crippen LogP contribution < -0.4 is 16.0 Å². The van der Waals surface area contributed by atoms with E-state index in [4.69, 9.17) is 0 Å². The van der Waals surface area contributed by atoms with Gasteiger partial charge in [0.25, 0.3) is 11.8 Å². The lowest BCUT2D eigenvalue weighted by molar-refractivity contribution is -0.147. The first kappa shape index (κ1) is 17.2. The summed E-state index contributed by atoms with van der Waals surface area (Å²) >= 11 is 0. The zero-order valence-corrected chi connectivity index (χ0v) is 12.0. The molecular weight excluding hydrogens is 290 g/mol. The maximum Gasteiger partial charge on any atom is 0.325 e. The van der Waals surface area contributed by atoms with Gasteiger partial charge in [-0.2, -0.15) is 0 Å². The largest absolute Gasteiger partial charge is 0.454 e. The van der Waals surface area contributed by atoms with Crippen molar-refractivity contribution in [2.75, 3.05) is 19.7 Å². The predicted molar refractivity (Wildman–Crippen MR) is 76.9 cm³/mol. The maximum atomic E-state index is 11.7. The highest BCUT2D eigenvalue weighted by Crippen LogP contribution is 1.97. The minimum atomic E-state index is -0.782. The molecule has 0 atom stereocenters. The van der Waals surface area contributed by atoms with Crippen LogP contribution in [0, 0.1) is 0 Å². The second-order valence-corrected chi connectivity index (χ2v) is 4.12. The van der Waals surface area contributed by atoms with Crippen molar-refractivity contribution in [1.82, 2.24) is 16.0 Å². The first-order valence-corrected chi connectivity index (χ1v) is 6.59. The molecule has 4 amide bonds. The molecule has 1 aromatic carbocycles. The molecule has 8 nitrogen and oxygen atoms in total. The second-order valence-electron chi connectivity index (χ2n) is 4.12. The molecule has 0 aliphatic heterocycles. The number of urea groups is 1. The summed E-state index contributed by atoms with van der Waals surface area (Å²) in [4.78, 5) is 45.3. The van der Waals surface area contributed by atoms with Gasteiger partial charge in [-0.1, -0.05) is 18.2 Å². The second kappa shape index (κ2) is 9.11. The summed E-state index contributed by atoms with van der Waals surface area (Å²) in [5, 5.41) is 6.69. The van der Waals surface area contributed by atoms with Crippen LogP contribution in [-0.2, 0) is 14.3 Å². The van der Waals surface area contributed by atoms with Gasteiger partial charge in [-0.15, -0.1) is 0 Å².